The third-order valence-electron chi connectivity index (χ3n) is 6.59. The van der Waals surface area contributed by atoms with E-state index in [-0.39, 0.29) is 18.1 Å². The summed E-state index contributed by atoms with van der Waals surface area (Å²) < 4.78 is 11.3. The SMILES string of the molecule is COC(=O)c1cccc(-c2ccc([C@@H]3[C@@H](c4ccccn4)NC(=S)N3C3CCCCC3)o2)c1. The highest BCUT2D eigenvalue weighted by atomic mass is 32.1. The summed E-state index contributed by atoms with van der Waals surface area (Å²) in [6.07, 6.45) is 7.78. The van der Waals surface area contributed by atoms with Gasteiger partial charge in [0.1, 0.15) is 17.6 Å². The minimum atomic E-state index is -0.368. The van der Waals surface area contributed by atoms with E-state index in [4.69, 9.17) is 21.4 Å². The van der Waals surface area contributed by atoms with Crippen molar-refractivity contribution in [3.05, 3.63) is 77.8 Å². The van der Waals surface area contributed by atoms with Gasteiger partial charge in [0.15, 0.2) is 5.11 Å². The van der Waals surface area contributed by atoms with Gasteiger partial charge in [-0.15, -0.1) is 0 Å². The van der Waals surface area contributed by atoms with E-state index in [0.29, 0.717) is 17.4 Å². The molecule has 2 aliphatic rings. The molecule has 2 atom stereocenters. The first-order valence-electron chi connectivity index (χ1n) is 11.4. The summed E-state index contributed by atoms with van der Waals surface area (Å²) in [4.78, 5) is 18.9. The first-order valence-corrected chi connectivity index (χ1v) is 11.8. The lowest BCUT2D eigenvalue weighted by Gasteiger charge is -2.36. The molecule has 6 nitrogen and oxygen atoms in total. The predicted octanol–water partition coefficient (Wildman–Crippen LogP) is 5.43. The number of esters is 1. The maximum absolute atomic E-state index is 12.0. The first kappa shape index (κ1) is 21.6. The number of hydrogen-bond acceptors (Lipinski definition) is 5. The normalized spacial score (nSPS) is 21.1. The Morgan fingerprint density at radius 1 is 1.12 bits per heavy atom. The minimum absolute atomic E-state index is 0.0898. The van der Waals surface area contributed by atoms with Crippen LogP contribution in [0.25, 0.3) is 11.3 Å². The Morgan fingerprint density at radius 3 is 2.73 bits per heavy atom. The molecule has 7 heteroatoms. The van der Waals surface area contributed by atoms with Gasteiger partial charge in [-0.3, -0.25) is 4.98 Å². The first-order chi connectivity index (χ1) is 16.2. The predicted molar refractivity (Wildman–Crippen MR) is 130 cm³/mol. The average molecular weight is 462 g/mol. The molecule has 3 aromatic rings. The maximum Gasteiger partial charge on any atom is 0.337 e. The lowest BCUT2D eigenvalue weighted by molar-refractivity contribution is 0.0601. The number of thiocarbonyl (C=S) groups is 1. The van der Waals surface area contributed by atoms with Crippen LogP contribution in [-0.2, 0) is 4.74 Å². The number of benzene rings is 1. The Bertz CT molecular complexity index is 1140. The molecule has 0 spiro atoms. The van der Waals surface area contributed by atoms with Crippen LogP contribution in [-0.4, -0.2) is 34.1 Å². The van der Waals surface area contributed by atoms with E-state index in [1.165, 1.54) is 26.4 Å². The molecule has 1 aliphatic heterocycles. The number of hydrogen-bond donors (Lipinski definition) is 1. The quantitative estimate of drug-likeness (QED) is 0.401. The zero-order valence-corrected chi connectivity index (χ0v) is 19.4. The molecule has 2 fully saturated rings. The van der Waals surface area contributed by atoms with Crippen molar-refractivity contribution in [2.75, 3.05) is 7.11 Å². The van der Waals surface area contributed by atoms with Crippen LogP contribution in [0.1, 0.15) is 66.0 Å². The molecule has 1 N–H and O–H groups in total. The number of rotatable bonds is 5. The number of pyridine rings is 1. The van der Waals surface area contributed by atoms with Gasteiger partial charge in [0.2, 0.25) is 0 Å². The van der Waals surface area contributed by atoms with Crippen LogP contribution in [0.15, 0.2) is 65.2 Å². The molecule has 1 aromatic carbocycles. The van der Waals surface area contributed by atoms with Crippen molar-refractivity contribution in [1.82, 2.24) is 15.2 Å². The van der Waals surface area contributed by atoms with Crippen molar-refractivity contribution in [3.63, 3.8) is 0 Å². The van der Waals surface area contributed by atoms with Crippen molar-refractivity contribution in [1.29, 1.82) is 0 Å². The highest BCUT2D eigenvalue weighted by Crippen LogP contribution is 2.43. The summed E-state index contributed by atoms with van der Waals surface area (Å²) in [5.41, 5.74) is 2.26. The van der Waals surface area contributed by atoms with E-state index in [2.05, 4.69) is 15.2 Å². The van der Waals surface area contributed by atoms with E-state index < -0.39 is 0 Å². The molecule has 33 heavy (non-hydrogen) atoms. The fourth-order valence-corrected chi connectivity index (χ4v) is 5.40. The molecule has 2 aromatic heterocycles. The van der Waals surface area contributed by atoms with Crippen molar-refractivity contribution in [3.8, 4) is 11.3 Å². The smallest absolute Gasteiger partial charge is 0.337 e. The highest BCUT2D eigenvalue weighted by Gasteiger charge is 2.44. The third kappa shape index (κ3) is 4.25. The van der Waals surface area contributed by atoms with Crippen LogP contribution in [0.5, 0.6) is 0 Å². The van der Waals surface area contributed by atoms with E-state index in [9.17, 15) is 4.79 Å². The molecule has 0 amide bonds. The molecule has 0 radical (unpaired) electrons. The van der Waals surface area contributed by atoms with Crippen LogP contribution < -0.4 is 5.32 Å². The average Bonchev–Trinajstić information content (AvgIpc) is 3.49. The highest BCUT2D eigenvalue weighted by molar-refractivity contribution is 7.80. The summed E-state index contributed by atoms with van der Waals surface area (Å²) in [5.74, 6) is 1.17. The zero-order valence-electron chi connectivity index (χ0n) is 18.6. The summed E-state index contributed by atoms with van der Waals surface area (Å²) in [6, 6.07) is 17.4. The molecular weight excluding hydrogens is 434 g/mol. The largest absolute Gasteiger partial charge is 0.465 e. The Kier molecular flexibility index (Phi) is 6.13. The summed E-state index contributed by atoms with van der Waals surface area (Å²) in [6.45, 7) is 0. The molecule has 5 rings (SSSR count). The number of nitrogens with zero attached hydrogens (tertiary/aromatic N) is 2. The fraction of sp³-hybridized carbons (Fsp3) is 0.346. The van der Waals surface area contributed by atoms with Crippen LogP contribution in [0.2, 0.25) is 0 Å². The zero-order chi connectivity index (χ0) is 22.8. The van der Waals surface area contributed by atoms with Gasteiger partial charge in [0.25, 0.3) is 0 Å². The Hall–Kier alpha value is -3.19. The van der Waals surface area contributed by atoms with Crippen LogP contribution >= 0.6 is 12.2 Å². The minimum Gasteiger partial charge on any atom is -0.465 e. The van der Waals surface area contributed by atoms with Gasteiger partial charge >= 0.3 is 5.97 Å². The molecule has 0 unspecified atom stereocenters. The van der Waals surface area contributed by atoms with E-state index in [1.54, 1.807) is 12.1 Å². The number of ether oxygens (including phenoxy) is 1. The molecule has 0 bridgehead atoms. The van der Waals surface area contributed by atoms with Crippen molar-refractivity contribution >= 4 is 23.3 Å². The second-order valence-corrected chi connectivity index (χ2v) is 8.99. The number of nitrogens with one attached hydrogen (secondary N) is 1. The van der Waals surface area contributed by atoms with Crippen LogP contribution in [0.3, 0.4) is 0 Å². The second kappa shape index (κ2) is 9.35. The van der Waals surface area contributed by atoms with E-state index in [1.807, 2.05) is 48.7 Å². The van der Waals surface area contributed by atoms with Gasteiger partial charge in [-0.05, 0) is 61.5 Å². The van der Waals surface area contributed by atoms with Crippen LogP contribution in [0, 0.1) is 0 Å². The standard InChI is InChI=1S/C26H27N3O3S/c1-31-25(30)18-9-7-8-17(16-18)21-13-14-22(32-21)24-23(20-12-5-6-15-27-20)28-26(33)29(24)19-10-3-2-4-11-19/h5-9,12-16,19,23-24H,2-4,10-11H2,1H3,(H,28,33)/t23-,24-/m1/s1. The molecule has 1 saturated heterocycles. The van der Waals surface area contributed by atoms with Crippen molar-refractivity contribution in [2.24, 2.45) is 0 Å². The van der Waals surface area contributed by atoms with Crippen LogP contribution in [0.4, 0.5) is 0 Å². The Morgan fingerprint density at radius 2 is 1.97 bits per heavy atom. The monoisotopic (exact) mass is 461 g/mol. The van der Waals surface area contributed by atoms with Crippen molar-refractivity contribution in [2.45, 2.75) is 50.2 Å². The van der Waals surface area contributed by atoms with Gasteiger partial charge in [-0.25, -0.2) is 4.79 Å². The number of carbonyl (C=O) groups is 1. The second-order valence-electron chi connectivity index (χ2n) is 8.60. The number of aromatic nitrogens is 1. The molecule has 1 saturated carbocycles. The molecule has 3 heterocycles. The summed E-state index contributed by atoms with van der Waals surface area (Å²) in [5, 5.41) is 4.28. The van der Waals surface area contributed by atoms with Crippen molar-refractivity contribution < 1.29 is 13.9 Å². The van der Waals surface area contributed by atoms with Gasteiger partial charge in [-0.1, -0.05) is 37.5 Å². The molecule has 1 aliphatic carbocycles. The number of carbonyl (C=O) groups excluding carboxylic acids is 1. The Balaban J connectivity index is 1.52. The topological polar surface area (TPSA) is 67.6 Å². The maximum atomic E-state index is 12.0. The van der Waals surface area contributed by atoms with Gasteiger partial charge in [-0.2, -0.15) is 0 Å². The fourth-order valence-electron chi connectivity index (χ4n) is 5.01. The summed E-state index contributed by atoms with van der Waals surface area (Å²) >= 11 is 5.83. The lowest BCUT2D eigenvalue weighted by atomic mass is 9.92. The van der Waals surface area contributed by atoms with E-state index >= 15 is 0 Å². The third-order valence-corrected chi connectivity index (χ3v) is 6.92. The molecular formula is C26H27N3O3S. The van der Waals surface area contributed by atoms with Gasteiger partial charge in [0, 0.05) is 17.8 Å². The van der Waals surface area contributed by atoms with Gasteiger partial charge in [0.05, 0.1) is 24.4 Å². The summed E-state index contributed by atoms with van der Waals surface area (Å²) in [7, 11) is 1.38. The number of furan rings is 1. The van der Waals surface area contributed by atoms with E-state index in [0.717, 1.165) is 35.0 Å². The molecule has 170 valence electrons. The Labute approximate surface area is 199 Å². The van der Waals surface area contributed by atoms with Gasteiger partial charge < -0.3 is 19.4 Å². The lowest BCUT2D eigenvalue weighted by Crippen LogP contribution is -2.40. The number of methoxy groups -OCH3 is 1.